The van der Waals surface area contributed by atoms with Gasteiger partial charge in [-0.2, -0.15) is 0 Å². The monoisotopic (exact) mass is 514 g/mol. The number of rotatable bonds is 12. The summed E-state index contributed by atoms with van der Waals surface area (Å²) in [5.41, 5.74) is 9.24. The second-order valence-electron chi connectivity index (χ2n) is 11.2. The van der Waals surface area contributed by atoms with E-state index in [1.807, 2.05) is 12.1 Å². The zero-order valence-corrected chi connectivity index (χ0v) is 22.7. The Labute approximate surface area is 225 Å². The number of ether oxygens (including phenoxy) is 4. The van der Waals surface area contributed by atoms with E-state index in [2.05, 4.69) is 51.1 Å². The molecule has 0 amide bonds. The summed E-state index contributed by atoms with van der Waals surface area (Å²) in [7, 11) is 0. The number of aromatic hydroxyl groups is 1. The van der Waals surface area contributed by atoms with Crippen molar-refractivity contribution in [1.29, 1.82) is 0 Å². The predicted molar refractivity (Wildman–Crippen MR) is 148 cm³/mol. The molecule has 0 spiro atoms. The van der Waals surface area contributed by atoms with E-state index in [0.29, 0.717) is 31.3 Å². The molecule has 3 aliphatic rings. The number of phenols is 1. The molecule has 0 aromatic heterocycles. The highest BCUT2D eigenvalue weighted by molar-refractivity contribution is 5.53. The summed E-state index contributed by atoms with van der Waals surface area (Å²) in [4.78, 5) is 0. The summed E-state index contributed by atoms with van der Waals surface area (Å²) in [6.45, 7) is 9.13. The zero-order chi connectivity index (χ0) is 26.2. The lowest BCUT2D eigenvalue weighted by atomic mass is 9.91. The van der Waals surface area contributed by atoms with Gasteiger partial charge >= 0.3 is 0 Å². The molecule has 38 heavy (non-hydrogen) atoms. The Morgan fingerprint density at radius 1 is 0.763 bits per heavy atom. The van der Waals surface area contributed by atoms with Crippen molar-refractivity contribution in [2.45, 2.75) is 71.0 Å². The molecule has 200 valence electrons. The molecule has 2 atom stereocenters. The van der Waals surface area contributed by atoms with Crippen molar-refractivity contribution in [3.63, 3.8) is 0 Å². The first-order valence-electron chi connectivity index (χ1n) is 14.0. The SMILES string of the molecule is Cc1cccc(OCC2CO2)c1Cc1ccc(C)c(CCc2ccc(C)c(C3CC3)c2OCC2CO2)c1O. The number of hydrogen-bond donors (Lipinski definition) is 1. The Balaban J connectivity index is 1.24. The zero-order valence-electron chi connectivity index (χ0n) is 22.7. The molecule has 6 rings (SSSR count). The van der Waals surface area contributed by atoms with E-state index in [0.717, 1.165) is 65.4 Å². The van der Waals surface area contributed by atoms with Crippen molar-refractivity contribution in [2.24, 2.45) is 0 Å². The summed E-state index contributed by atoms with van der Waals surface area (Å²) >= 11 is 0. The predicted octanol–water partition coefficient (Wildman–Crippen LogP) is 6.13. The minimum absolute atomic E-state index is 0.204. The smallest absolute Gasteiger partial charge is 0.126 e. The van der Waals surface area contributed by atoms with Crippen molar-refractivity contribution >= 4 is 0 Å². The molecule has 2 aliphatic heterocycles. The van der Waals surface area contributed by atoms with Gasteiger partial charge in [-0.3, -0.25) is 0 Å². The van der Waals surface area contributed by atoms with E-state index in [4.69, 9.17) is 18.9 Å². The van der Waals surface area contributed by atoms with Gasteiger partial charge in [0.2, 0.25) is 0 Å². The Morgan fingerprint density at radius 3 is 2.13 bits per heavy atom. The van der Waals surface area contributed by atoms with Gasteiger partial charge in [0.1, 0.15) is 42.7 Å². The van der Waals surface area contributed by atoms with Crippen LogP contribution in [0.5, 0.6) is 17.2 Å². The van der Waals surface area contributed by atoms with Crippen LogP contribution < -0.4 is 9.47 Å². The van der Waals surface area contributed by atoms with Crippen LogP contribution in [0.2, 0.25) is 0 Å². The first-order chi connectivity index (χ1) is 18.5. The van der Waals surface area contributed by atoms with Crippen LogP contribution in [-0.4, -0.2) is 43.7 Å². The average molecular weight is 515 g/mol. The third-order valence-corrected chi connectivity index (χ3v) is 8.10. The highest BCUT2D eigenvalue weighted by Gasteiger charge is 2.31. The lowest BCUT2D eigenvalue weighted by Crippen LogP contribution is -2.10. The van der Waals surface area contributed by atoms with Crippen molar-refractivity contribution in [1.82, 2.24) is 0 Å². The molecule has 3 aromatic rings. The number of phenolic OH excluding ortho intramolecular Hbond substituents is 1. The topological polar surface area (TPSA) is 63.8 Å². The molecule has 2 saturated heterocycles. The lowest BCUT2D eigenvalue weighted by molar-refractivity contribution is 0.259. The van der Waals surface area contributed by atoms with Gasteiger partial charge in [-0.1, -0.05) is 36.4 Å². The number of epoxide rings is 2. The molecule has 1 N–H and O–H groups in total. The molecule has 3 fully saturated rings. The van der Waals surface area contributed by atoms with Crippen molar-refractivity contribution in [2.75, 3.05) is 26.4 Å². The third kappa shape index (κ3) is 5.69. The standard InChI is InChI=1S/C33H38O5/c1-20-5-4-6-30(37-18-26-16-35-26)29(20)15-25-10-7-21(2)28(32(25)34)14-13-24-9-8-22(3)31(23-11-12-23)33(24)38-19-27-17-36-27/h4-10,23,26-27,34H,11-19H2,1-3H3. The fraction of sp³-hybridized carbons (Fsp3) is 0.455. The van der Waals surface area contributed by atoms with Gasteiger partial charge in [-0.15, -0.1) is 0 Å². The molecule has 5 nitrogen and oxygen atoms in total. The largest absolute Gasteiger partial charge is 0.507 e. The van der Waals surface area contributed by atoms with Crippen LogP contribution in [0.15, 0.2) is 42.5 Å². The summed E-state index contributed by atoms with van der Waals surface area (Å²) in [5, 5.41) is 11.5. The van der Waals surface area contributed by atoms with Gasteiger partial charge in [0.15, 0.2) is 0 Å². The van der Waals surface area contributed by atoms with Crippen molar-refractivity contribution in [3.05, 3.63) is 87.0 Å². The molecular weight excluding hydrogens is 476 g/mol. The highest BCUT2D eigenvalue weighted by Crippen LogP contribution is 2.47. The van der Waals surface area contributed by atoms with Crippen molar-refractivity contribution < 1.29 is 24.1 Å². The van der Waals surface area contributed by atoms with Crippen LogP contribution in [-0.2, 0) is 28.7 Å². The van der Waals surface area contributed by atoms with Gasteiger partial charge in [-0.05, 0) is 91.8 Å². The van der Waals surface area contributed by atoms with Crippen LogP contribution in [0.3, 0.4) is 0 Å². The van der Waals surface area contributed by atoms with Gasteiger partial charge in [0, 0.05) is 17.5 Å². The first kappa shape index (κ1) is 25.3. The molecule has 1 aliphatic carbocycles. The minimum Gasteiger partial charge on any atom is -0.507 e. The maximum Gasteiger partial charge on any atom is 0.126 e. The minimum atomic E-state index is 0.204. The second kappa shape index (κ2) is 10.6. The number of hydrogen-bond acceptors (Lipinski definition) is 5. The van der Waals surface area contributed by atoms with E-state index in [9.17, 15) is 5.11 Å². The Hall–Kier alpha value is -3.02. The van der Waals surface area contributed by atoms with Crippen LogP contribution in [0.4, 0.5) is 0 Å². The normalized spacial score (nSPS) is 19.9. The van der Waals surface area contributed by atoms with Gasteiger partial charge < -0.3 is 24.1 Å². The second-order valence-corrected chi connectivity index (χ2v) is 11.2. The fourth-order valence-electron chi connectivity index (χ4n) is 5.41. The lowest BCUT2D eigenvalue weighted by Gasteiger charge is -2.19. The summed E-state index contributed by atoms with van der Waals surface area (Å²) in [6.07, 6.45) is 5.10. The van der Waals surface area contributed by atoms with Crippen LogP contribution in [0.1, 0.15) is 63.3 Å². The number of aryl methyl sites for hydroxylation is 4. The Bertz CT molecular complexity index is 1320. The van der Waals surface area contributed by atoms with Gasteiger partial charge in [-0.25, -0.2) is 0 Å². The maximum atomic E-state index is 11.5. The van der Waals surface area contributed by atoms with Gasteiger partial charge in [0.05, 0.1) is 13.2 Å². The number of benzene rings is 3. The molecule has 0 radical (unpaired) electrons. The average Bonchev–Trinajstić information content (AvgIpc) is 3.75. The van der Waals surface area contributed by atoms with E-state index >= 15 is 0 Å². The Kier molecular flexibility index (Phi) is 7.07. The van der Waals surface area contributed by atoms with Gasteiger partial charge in [0.25, 0.3) is 0 Å². The van der Waals surface area contributed by atoms with E-state index < -0.39 is 0 Å². The summed E-state index contributed by atoms with van der Waals surface area (Å²) in [6, 6.07) is 14.8. The van der Waals surface area contributed by atoms with E-state index in [-0.39, 0.29) is 12.2 Å². The van der Waals surface area contributed by atoms with E-state index in [1.54, 1.807) is 0 Å². The molecule has 3 aromatic carbocycles. The fourth-order valence-corrected chi connectivity index (χ4v) is 5.41. The Morgan fingerprint density at radius 2 is 1.42 bits per heavy atom. The molecule has 5 heteroatoms. The van der Waals surface area contributed by atoms with Crippen molar-refractivity contribution in [3.8, 4) is 17.2 Å². The maximum absolute atomic E-state index is 11.5. The van der Waals surface area contributed by atoms with Crippen LogP contribution >= 0.6 is 0 Å². The quantitative estimate of drug-likeness (QED) is 0.295. The highest BCUT2D eigenvalue weighted by atomic mass is 16.6. The van der Waals surface area contributed by atoms with Crippen LogP contribution in [0.25, 0.3) is 0 Å². The molecule has 2 unspecified atom stereocenters. The summed E-state index contributed by atoms with van der Waals surface area (Å²) in [5.74, 6) is 2.93. The third-order valence-electron chi connectivity index (χ3n) is 8.10. The molecule has 1 saturated carbocycles. The van der Waals surface area contributed by atoms with E-state index in [1.165, 1.54) is 29.5 Å². The van der Waals surface area contributed by atoms with Crippen LogP contribution in [0, 0.1) is 20.8 Å². The molecular formula is C33H38O5. The molecule has 0 bridgehead atoms. The molecule has 2 heterocycles. The first-order valence-corrected chi connectivity index (χ1v) is 14.0. The summed E-state index contributed by atoms with van der Waals surface area (Å²) < 4.78 is 23.2.